The highest BCUT2D eigenvalue weighted by Gasteiger charge is 2.46. The number of likely N-dealkylation sites (N-methyl/N-ethyl adjacent to an activating group) is 1. The van der Waals surface area contributed by atoms with Crippen molar-refractivity contribution in [3.63, 3.8) is 0 Å². The number of amides is 4. The summed E-state index contributed by atoms with van der Waals surface area (Å²) >= 11 is 0. The van der Waals surface area contributed by atoms with Crippen molar-refractivity contribution in [3.05, 3.63) is 71.2 Å². The number of rotatable bonds is 9. The zero-order chi connectivity index (χ0) is 31.2. The minimum atomic E-state index is -0.956. The average molecular weight is 606 g/mol. The van der Waals surface area contributed by atoms with Crippen molar-refractivity contribution in [2.45, 2.75) is 57.0 Å². The number of nitrogens with one attached hydrogen (secondary N) is 1. The summed E-state index contributed by atoms with van der Waals surface area (Å²) < 4.78 is 0. The third-order valence-electron chi connectivity index (χ3n) is 9.41. The van der Waals surface area contributed by atoms with Crippen LogP contribution >= 0.6 is 0 Å². The molecule has 4 aliphatic rings. The molecule has 1 atom stereocenters. The van der Waals surface area contributed by atoms with Crippen molar-refractivity contribution >= 4 is 52.1 Å². The highest BCUT2D eigenvalue weighted by Crippen LogP contribution is 2.38. The van der Waals surface area contributed by atoms with Gasteiger partial charge in [0, 0.05) is 43.2 Å². The van der Waals surface area contributed by atoms with Crippen molar-refractivity contribution in [1.82, 2.24) is 19.8 Å². The molecular formula is C34H35N7O4. The molecule has 11 nitrogen and oxygen atoms in total. The number of carbonyl (C=O) groups is 4. The first kappa shape index (κ1) is 28.8. The summed E-state index contributed by atoms with van der Waals surface area (Å²) in [4.78, 5) is 67.0. The van der Waals surface area contributed by atoms with Crippen LogP contribution in [0.4, 0.5) is 5.69 Å². The number of allylic oxidation sites excluding steroid dienone is 2. The predicted molar refractivity (Wildman–Crippen MR) is 169 cm³/mol. The molecule has 0 radical (unpaired) electrons. The average Bonchev–Trinajstić information content (AvgIpc) is 3.85. The van der Waals surface area contributed by atoms with Crippen molar-refractivity contribution in [1.29, 1.82) is 0 Å². The fraction of sp³-hybridized carbons (Fsp3) is 0.382. The van der Waals surface area contributed by atoms with Gasteiger partial charge in [0.1, 0.15) is 6.04 Å². The summed E-state index contributed by atoms with van der Waals surface area (Å²) in [6.07, 6.45) is 9.04. The lowest BCUT2D eigenvalue weighted by Crippen LogP contribution is -2.54. The molecule has 45 heavy (non-hydrogen) atoms. The molecule has 0 spiro atoms. The number of likely N-dealkylation sites (tertiary alicyclic amines) is 1. The van der Waals surface area contributed by atoms with Crippen LogP contribution in [-0.2, 0) is 9.59 Å². The number of para-hydroxylation sites is 2. The number of benzene rings is 2. The number of aliphatic imine (C=N–C) groups is 1. The number of aromatic nitrogens is 2. The van der Waals surface area contributed by atoms with Gasteiger partial charge >= 0.3 is 0 Å². The monoisotopic (exact) mass is 605 g/mol. The van der Waals surface area contributed by atoms with Gasteiger partial charge in [0.2, 0.25) is 5.91 Å². The smallest absolute Gasteiger partial charge is 0.262 e. The van der Waals surface area contributed by atoms with Gasteiger partial charge in [-0.2, -0.15) is 0 Å². The van der Waals surface area contributed by atoms with Crippen LogP contribution in [0.5, 0.6) is 0 Å². The molecule has 2 aromatic carbocycles. The summed E-state index contributed by atoms with van der Waals surface area (Å²) in [6, 6.07) is 12.2. The summed E-state index contributed by atoms with van der Waals surface area (Å²) in [7, 11) is 1.38. The van der Waals surface area contributed by atoms with Gasteiger partial charge in [-0.05, 0) is 80.7 Å². The van der Waals surface area contributed by atoms with Crippen LogP contribution < -0.4 is 11.1 Å². The molecule has 3 N–H and O–H groups in total. The van der Waals surface area contributed by atoms with Gasteiger partial charge in [0.25, 0.3) is 17.7 Å². The second-order valence-electron chi connectivity index (χ2n) is 12.5. The maximum atomic E-state index is 13.2. The summed E-state index contributed by atoms with van der Waals surface area (Å²) in [6.45, 7) is 0.714. The van der Waals surface area contributed by atoms with Crippen LogP contribution in [0, 0.1) is 11.8 Å². The van der Waals surface area contributed by atoms with E-state index in [1.807, 2.05) is 30.5 Å². The molecule has 2 aliphatic heterocycles. The van der Waals surface area contributed by atoms with Gasteiger partial charge in [-0.3, -0.25) is 39.0 Å². The predicted octanol–water partition coefficient (Wildman–Crippen LogP) is 3.80. The van der Waals surface area contributed by atoms with Crippen molar-refractivity contribution < 1.29 is 19.2 Å². The van der Waals surface area contributed by atoms with E-state index in [-0.39, 0.29) is 35.9 Å². The molecule has 1 unspecified atom stereocenters. The first-order valence-electron chi connectivity index (χ1n) is 15.6. The van der Waals surface area contributed by atoms with E-state index >= 15 is 0 Å². The molecule has 1 saturated heterocycles. The van der Waals surface area contributed by atoms with E-state index in [1.165, 1.54) is 7.05 Å². The second-order valence-corrected chi connectivity index (χ2v) is 12.5. The summed E-state index contributed by atoms with van der Waals surface area (Å²) in [5.41, 5.74) is 12.0. The Balaban J connectivity index is 0.934. The van der Waals surface area contributed by atoms with E-state index in [1.54, 1.807) is 24.4 Å². The van der Waals surface area contributed by atoms with Gasteiger partial charge in [-0.1, -0.05) is 12.1 Å². The Morgan fingerprint density at radius 2 is 1.78 bits per heavy atom. The lowest BCUT2D eigenvalue weighted by Gasteiger charge is -2.32. The molecule has 230 valence electrons. The van der Waals surface area contributed by atoms with Gasteiger partial charge < -0.3 is 11.1 Å². The van der Waals surface area contributed by atoms with Crippen LogP contribution in [0.1, 0.15) is 71.4 Å². The first-order valence-corrected chi connectivity index (χ1v) is 15.6. The molecule has 11 heteroatoms. The molecule has 2 aliphatic carbocycles. The topological polar surface area (TPSA) is 151 Å². The van der Waals surface area contributed by atoms with E-state index in [2.05, 4.69) is 10.3 Å². The number of fused-ring (bicyclic) bond motifs is 2. The van der Waals surface area contributed by atoms with E-state index in [0.29, 0.717) is 18.4 Å². The van der Waals surface area contributed by atoms with Crippen molar-refractivity contribution in [2.24, 2.45) is 22.6 Å². The molecule has 4 amide bonds. The molecule has 1 aromatic heterocycles. The van der Waals surface area contributed by atoms with E-state index in [0.717, 1.165) is 75.6 Å². The first-order chi connectivity index (χ1) is 21.8. The zero-order valence-electron chi connectivity index (χ0n) is 25.1. The third kappa shape index (κ3) is 5.47. The highest BCUT2D eigenvalue weighted by atomic mass is 16.2. The maximum Gasteiger partial charge on any atom is 0.262 e. The Morgan fingerprint density at radius 1 is 1.02 bits per heavy atom. The minimum absolute atomic E-state index is 0.117. The molecule has 3 heterocycles. The van der Waals surface area contributed by atoms with Crippen molar-refractivity contribution in [3.8, 4) is 0 Å². The van der Waals surface area contributed by atoms with Crippen LogP contribution in [0.3, 0.4) is 0 Å². The van der Waals surface area contributed by atoms with E-state index in [9.17, 15) is 19.2 Å². The number of imide groups is 2. The Kier molecular flexibility index (Phi) is 7.39. The molecule has 2 saturated carbocycles. The van der Waals surface area contributed by atoms with Crippen molar-refractivity contribution in [2.75, 3.05) is 18.9 Å². The molecule has 3 fully saturated rings. The lowest BCUT2D eigenvalue weighted by atomic mass is 9.78. The third-order valence-corrected chi connectivity index (χ3v) is 9.41. The fourth-order valence-electron chi connectivity index (χ4n) is 6.44. The standard InChI is InChI=1S/C34H35N7O4/c1-40-30(42)11-10-29(34(40)45)41-32(43)23-9-8-21(16-24(23)33(41)44)36-13-12-19-14-22(15-19)37-17-25(31(35)20-6-7-20)28-18-38-26-4-2-3-5-27(26)39-28/h2-5,8-9,16-20,22,29,36H,6-7,10-15,35H2,1H3. The summed E-state index contributed by atoms with van der Waals surface area (Å²) in [5, 5.41) is 3.38. The number of nitrogens with zero attached hydrogens (tertiary/aromatic N) is 5. The number of carbonyl (C=O) groups excluding carboxylic acids is 4. The largest absolute Gasteiger partial charge is 0.401 e. The number of hydrogen-bond donors (Lipinski definition) is 2. The van der Waals surface area contributed by atoms with Gasteiger partial charge in [0.05, 0.1) is 40.1 Å². The van der Waals surface area contributed by atoms with Crippen LogP contribution in [0.25, 0.3) is 16.6 Å². The van der Waals surface area contributed by atoms with E-state index in [4.69, 9.17) is 15.7 Å². The quantitative estimate of drug-likeness (QED) is 0.276. The number of nitrogens with two attached hydrogens (primary N) is 1. The summed E-state index contributed by atoms with van der Waals surface area (Å²) in [5.74, 6) is -0.905. The second kappa shape index (κ2) is 11.5. The highest BCUT2D eigenvalue weighted by molar-refractivity contribution is 6.23. The van der Waals surface area contributed by atoms with Gasteiger partial charge in [0.15, 0.2) is 0 Å². The molecule has 0 bridgehead atoms. The number of anilines is 1. The Bertz CT molecular complexity index is 1790. The molecule has 7 rings (SSSR count). The lowest BCUT2D eigenvalue weighted by molar-refractivity contribution is -0.149. The molecule has 3 aromatic rings. The Labute approximate surface area is 260 Å². The fourth-order valence-corrected chi connectivity index (χ4v) is 6.44. The van der Waals surface area contributed by atoms with Crippen LogP contribution in [0.15, 0.2) is 59.4 Å². The van der Waals surface area contributed by atoms with Gasteiger partial charge in [-0.15, -0.1) is 0 Å². The SMILES string of the molecule is CN1C(=O)CCC(N2C(=O)c3ccc(NCCC4CC(N=CC(=C(N)C5CC5)c5cnc6ccccc6n5)C4)cc3C2=O)C1=O. The normalized spacial score (nSPS) is 23.9. The van der Waals surface area contributed by atoms with E-state index < -0.39 is 23.8 Å². The van der Waals surface area contributed by atoms with Crippen LogP contribution in [-0.4, -0.2) is 75.3 Å². The molecular weight excluding hydrogens is 570 g/mol. The van der Waals surface area contributed by atoms with Gasteiger partial charge in [-0.25, -0.2) is 4.98 Å². The number of piperidine rings is 1. The Morgan fingerprint density at radius 3 is 2.56 bits per heavy atom. The van der Waals surface area contributed by atoms with Crippen LogP contribution in [0.2, 0.25) is 0 Å². The zero-order valence-corrected chi connectivity index (χ0v) is 25.1. The number of hydrogen-bond acceptors (Lipinski definition) is 9. The minimum Gasteiger partial charge on any atom is -0.401 e. The Hall–Kier alpha value is -4.93. The maximum absolute atomic E-state index is 13.2.